The molecule has 0 saturated carbocycles. The lowest BCUT2D eigenvalue weighted by Gasteiger charge is -2.15. The fraction of sp³-hybridized carbons (Fsp3) is 0.176. The highest BCUT2D eigenvalue weighted by Crippen LogP contribution is 2.20. The minimum atomic E-state index is -0.613. The summed E-state index contributed by atoms with van der Waals surface area (Å²) in [4.78, 5) is 22.8. The van der Waals surface area contributed by atoms with Crippen LogP contribution in [0.3, 0.4) is 0 Å². The molecule has 0 radical (unpaired) electrons. The van der Waals surface area contributed by atoms with E-state index in [2.05, 4.69) is 10.4 Å². The normalized spacial score (nSPS) is 11.9. The lowest BCUT2D eigenvalue weighted by molar-refractivity contribution is -0.385. The van der Waals surface area contributed by atoms with E-state index in [0.29, 0.717) is 0 Å². The van der Waals surface area contributed by atoms with Crippen molar-refractivity contribution in [2.24, 2.45) is 7.05 Å². The van der Waals surface area contributed by atoms with E-state index in [9.17, 15) is 14.9 Å². The summed E-state index contributed by atoms with van der Waals surface area (Å²) in [6.45, 7) is 1.82. The molecule has 1 aromatic carbocycles. The molecule has 3 aromatic rings. The molecule has 1 amide bonds. The van der Waals surface area contributed by atoms with Crippen LogP contribution >= 0.6 is 0 Å². The van der Waals surface area contributed by atoms with E-state index in [-0.39, 0.29) is 17.4 Å². The van der Waals surface area contributed by atoms with Gasteiger partial charge in [-0.25, -0.2) is 0 Å². The number of nitro groups is 1. The second-order valence-corrected chi connectivity index (χ2v) is 5.64. The number of nitrogens with one attached hydrogen (secondary N) is 1. The zero-order valence-electron chi connectivity index (χ0n) is 13.8. The highest BCUT2D eigenvalue weighted by molar-refractivity contribution is 5.96. The van der Waals surface area contributed by atoms with E-state index >= 15 is 0 Å². The van der Waals surface area contributed by atoms with Gasteiger partial charge >= 0.3 is 5.69 Å². The number of amides is 1. The maximum Gasteiger partial charge on any atom is 0.320 e. The summed E-state index contributed by atoms with van der Waals surface area (Å²) in [6.07, 6.45) is 4.97. The fourth-order valence-corrected chi connectivity index (χ4v) is 2.61. The Kier molecular flexibility index (Phi) is 4.34. The number of hydrogen-bond acceptors (Lipinski definition) is 4. The highest BCUT2D eigenvalue weighted by Gasteiger charge is 2.26. The SMILES string of the molecule is CC(NC(=O)c1c([N+](=O)[O-])cnn1C)c1ccc(-n2cccc2)cc1. The summed E-state index contributed by atoms with van der Waals surface area (Å²) in [7, 11) is 1.50. The van der Waals surface area contributed by atoms with Crippen molar-refractivity contribution >= 4 is 11.6 Å². The molecule has 1 N–H and O–H groups in total. The van der Waals surface area contributed by atoms with Crippen molar-refractivity contribution in [1.82, 2.24) is 19.7 Å². The van der Waals surface area contributed by atoms with Gasteiger partial charge in [0.15, 0.2) is 0 Å². The van der Waals surface area contributed by atoms with Crippen LogP contribution in [0, 0.1) is 10.1 Å². The summed E-state index contributed by atoms with van der Waals surface area (Å²) in [5, 5.41) is 17.6. The number of rotatable bonds is 5. The van der Waals surface area contributed by atoms with E-state index in [1.165, 1.54) is 11.7 Å². The van der Waals surface area contributed by atoms with Gasteiger partial charge in [0, 0.05) is 25.1 Å². The molecule has 0 aliphatic rings. The first kappa shape index (κ1) is 16.4. The summed E-state index contributed by atoms with van der Waals surface area (Å²) in [6, 6.07) is 11.3. The topological polar surface area (TPSA) is 95.0 Å². The number of aromatic nitrogens is 3. The third-order valence-electron chi connectivity index (χ3n) is 3.97. The maximum absolute atomic E-state index is 12.4. The Labute approximate surface area is 143 Å². The summed E-state index contributed by atoms with van der Waals surface area (Å²) < 4.78 is 3.18. The van der Waals surface area contributed by atoms with Crippen LogP contribution in [-0.4, -0.2) is 25.2 Å². The van der Waals surface area contributed by atoms with Crippen molar-refractivity contribution in [2.45, 2.75) is 13.0 Å². The lowest BCUT2D eigenvalue weighted by Crippen LogP contribution is -2.29. The Bertz CT molecular complexity index is 897. The molecule has 0 aliphatic carbocycles. The van der Waals surface area contributed by atoms with Crippen LogP contribution in [0.1, 0.15) is 29.0 Å². The second-order valence-electron chi connectivity index (χ2n) is 5.64. The zero-order chi connectivity index (χ0) is 18.0. The minimum Gasteiger partial charge on any atom is -0.344 e. The standard InChI is InChI=1S/C17H17N5O3/c1-12(13-5-7-14(8-6-13)21-9-3-4-10-21)19-17(23)16-15(22(24)25)11-18-20(16)2/h3-12H,1-2H3,(H,19,23). The number of carbonyl (C=O) groups excluding carboxylic acids is 1. The molecule has 128 valence electrons. The van der Waals surface area contributed by atoms with Crippen LogP contribution in [0.4, 0.5) is 5.69 Å². The molecule has 1 unspecified atom stereocenters. The van der Waals surface area contributed by atoms with Crippen LogP contribution in [-0.2, 0) is 7.05 Å². The van der Waals surface area contributed by atoms with Gasteiger partial charge in [-0.2, -0.15) is 5.10 Å². The third-order valence-corrected chi connectivity index (χ3v) is 3.97. The van der Waals surface area contributed by atoms with Gasteiger partial charge in [0.25, 0.3) is 5.91 Å². The van der Waals surface area contributed by atoms with E-state index in [1.54, 1.807) is 0 Å². The second kappa shape index (κ2) is 6.60. The molecule has 0 spiro atoms. The number of nitrogens with zero attached hydrogens (tertiary/aromatic N) is 4. The van der Waals surface area contributed by atoms with Crippen LogP contribution in [0.25, 0.3) is 5.69 Å². The molecule has 2 aromatic heterocycles. The average Bonchev–Trinajstić information content (AvgIpc) is 3.24. The average molecular weight is 339 g/mol. The van der Waals surface area contributed by atoms with Gasteiger partial charge in [-0.05, 0) is 36.8 Å². The van der Waals surface area contributed by atoms with Gasteiger partial charge in [-0.1, -0.05) is 12.1 Å². The monoisotopic (exact) mass is 339 g/mol. The van der Waals surface area contributed by atoms with Crippen molar-refractivity contribution in [3.63, 3.8) is 0 Å². The molecule has 3 rings (SSSR count). The Hall–Kier alpha value is -3.42. The third kappa shape index (κ3) is 3.27. The van der Waals surface area contributed by atoms with Crippen LogP contribution in [0.2, 0.25) is 0 Å². The van der Waals surface area contributed by atoms with E-state index in [4.69, 9.17) is 0 Å². The van der Waals surface area contributed by atoms with Crippen molar-refractivity contribution in [3.8, 4) is 5.69 Å². The van der Waals surface area contributed by atoms with Gasteiger partial charge in [0.1, 0.15) is 6.20 Å². The number of hydrogen-bond donors (Lipinski definition) is 1. The van der Waals surface area contributed by atoms with Gasteiger partial charge < -0.3 is 9.88 Å². The van der Waals surface area contributed by atoms with Crippen molar-refractivity contribution < 1.29 is 9.72 Å². The van der Waals surface area contributed by atoms with E-state index in [1.807, 2.05) is 60.3 Å². The maximum atomic E-state index is 12.4. The van der Waals surface area contributed by atoms with Crippen LogP contribution in [0.15, 0.2) is 55.0 Å². The molecule has 1 atom stereocenters. The molecular formula is C17H17N5O3. The van der Waals surface area contributed by atoms with E-state index < -0.39 is 10.8 Å². The van der Waals surface area contributed by atoms with Gasteiger partial charge in [0.2, 0.25) is 5.69 Å². The molecule has 0 saturated heterocycles. The Morgan fingerprint density at radius 1 is 1.24 bits per heavy atom. The van der Waals surface area contributed by atoms with E-state index in [0.717, 1.165) is 17.4 Å². The molecule has 0 aliphatic heterocycles. The largest absolute Gasteiger partial charge is 0.344 e. The predicted molar refractivity (Wildman–Crippen MR) is 91.5 cm³/mol. The minimum absolute atomic E-state index is 0.0687. The molecule has 8 nitrogen and oxygen atoms in total. The van der Waals surface area contributed by atoms with Crippen LogP contribution in [0.5, 0.6) is 0 Å². The number of aryl methyl sites for hydroxylation is 1. The Morgan fingerprint density at radius 2 is 1.88 bits per heavy atom. The van der Waals surface area contributed by atoms with Crippen LogP contribution < -0.4 is 5.32 Å². The summed E-state index contributed by atoms with van der Waals surface area (Å²) in [5.74, 6) is -0.534. The van der Waals surface area contributed by atoms with Gasteiger partial charge in [-0.15, -0.1) is 0 Å². The van der Waals surface area contributed by atoms with Crippen molar-refractivity contribution in [1.29, 1.82) is 0 Å². The molecule has 8 heteroatoms. The molecule has 0 fully saturated rings. The van der Waals surface area contributed by atoms with Crippen molar-refractivity contribution in [2.75, 3.05) is 0 Å². The Balaban J connectivity index is 1.76. The van der Waals surface area contributed by atoms with Gasteiger partial charge in [0.05, 0.1) is 11.0 Å². The lowest BCUT2D eigenvalue weighted by atomic mass is 10.1. The first-order valence-electron chi connectivity index (χ1n) is 7.68. The summed E-state index contributed by atoms with van der Waals surface area (Å²) >= 11 is 0. The number of benzene rings is 1. The first-order chi connectivity index (χ1) is 12.0. The van der Waals surface area contributed by atoms with Gasteiger partial charge in [-0.3, -0.25) is 19.6 Å². The molecule has 25 heavy (non-hydrogen) atoms. The first-order valence-corrected chi connectivity index (χ1v) is 7.68. The van der Waals surface area contributed by atoms with Crippen molar-refractivity contribution in [3.05, 3.63) is 76.4 Å². The predicted octanol–water partition coefficient (Wildman–Crippen LogP) is 2.61. The molecule has 0 bridgehead atoms. The highest BCUT2D eigenvalue weighted by atomic mass is 16.6. The summed E-state index contributed by atoms with van der Waals surface area (Å²) in [5.41, 5.74) is 1.53. The number of carbonyl (C=O) groups is 1. The molecule has 2 heterocycles. The smallest absolute Gasteiger partial charge is 0.320 e. The molecular weight excluding hydrogens is 322 g/mol. The quantitative estimate of drug-likeness (QED) is 0.571. The zero-order valence-corrected chi connectivity index (χ0v) is 13.8. The fourth-order valence-electron chi connectivity index (χ4n) is 2.61. The Morgan fingerprint density at radius 3 is 2.48 bits per heavy atom.